The molecule has 0 N–H and O–H groups in total. The minimum absolute atomic E-state index is 0. The van der Waals surface area contributed by atoms with Crippen molar-refractivity contribution >= 4 is 78.6 Å². The van der Waals surface area contributed by atoms with E-state index in [0.717, 1.165) is 0 Å². The topological polar surface area (TPSA) is 0 Å². The third-order valence-corrected chi connectivity index (χ3v) is 0. The van der Waals surface area contributed by atoms with Gasteiger partial charge in [0.25, 0.3) is 0 Å². The molecule has 0 aromatic rings. The summed E-state index contributed by atoms with van der Waals surface area (Å²) in [5, 5.41) is 0. The summed E-state index contributed by atoms with van der Waals surface area (Å²) in [7, 11) is 0. The fraction of sp³-hybridized carbons (Fsp3) is 0. The summed E-state index contributed by atoms with van der Waals surface area (Å²) in [6, 6.07) is 0. The van der Waals surface area contributed by atoms with Gasteiger partial charge in [-0.3, -0.25) is 0 Å². The molecule has 0 saturated heterocycles. The van der Waals surface area contributed by atoms with E-state index in [2.05, 4.69) is 0 Å². The maximum Gasteiger partial charge on any atom is 0 e. The predicted octanol–water partition coefficient (Wildman–Crippen LogP) is -1.14. The molecule has 0 aliphatic heterocycles. The molecule has 0 aromatic heterocycles. The Morgan fingerprint density at radius 1 is 0.286 bits per heavy atom. The Bertz CT molecular complexity index is 6.90. The van der Waals surface area contributed by atoms with Gasteiger partial charge in [0.15, 0.2) is 0 Å². The molecule has 0 aliphatic rings. The molecular weight excluding hydrogens is 1230 g/mol. The minimum atomic E-state index is 0. The van der Waals surface area contributed by atoms with Gasteiger partial charge in [0.2, 0.25) is 0 Å². The van der Waals surface area contributed by atoms with E-state index >= 15 is 0 Å². The third kappa shape index (κ3) is 31.5. The first-order chi connectivity index (χ1) is 0. The Morgan fingerprint density at radius 2 is 0.286 bits per heavy atom. The van der Waals surface area contributed by atoms with E-state index in [1.54, 1.807) is 0 Å². The van der Waals surface area contributed by atoms with E-state index in [1.165, 1.54) is 0 Å². The summed E-state index contributed by atoms with van der Waals surface area (Å²) in [5.41, 5.74) is 0. The van der Waals surface area contributed by atoms with Crippen molar-refractivity contribution in [1.82, 2.24) is 0 Å². The first kappa shape index (κ1) is 45.9. The fourth-order valence-electron chi connectivity index (χ4n) is 0. The predicted molar refractivity (Wildman–Crippen MR) is 17.3 cm³/mol. The van der Waals surface area contributed by atoms with Gasteiger partial charge in [0.1, 0.15) is 0 Å². The summed E-state index contributed by atoms with van der Waals surface area (Å²) in [6.45, 7) is 0. The van der Waals surface area contributed by atoms with Crippen LogP contribution in [0.25, 0.3) is 0 Å². The number of hydrogen-bond acceptors (Lipinski definition) is 0. The first-order valence-corrected chi connectivity index (χ1v) is 0. The second kappa shape index (κ2) is 37.0. The van der Waals surface area contributed by atoms with Gasteiger partial charge >= 0.3 is 0 Å². The van der Waals surface area contributed by atoms with Crippen LogP contribution in [0.2, 0.25) is 0 Å². The molecule has 39 valence electrons. The van der Waals surface area contributed by atoms with Crippen LogP contribution in [0.3, 0.4) is 0 Å². The molecule has 0 atom stereocenters. The van der Waals surface area contributed by atoms with Gasteiger partial charge in [0, 0.05) is 240 Å². The zero-order valence-electron chi connectivity index (χ0n) is 2.97. The van der Waals surface area contributed by atoms with E-state index in [-0.39, 0.29) is 240 Å². The molecule has 0 amide bonds. The van der Waals surface area contributed by atoms with Crippen molar-refractivity contribution in [2.24, 2.45) is 0 Å². The minimum Gasteiger partial charge on any atom is 0 e. The van der Waals surface area contributed by atoms with Crippen LogP contribution in [0.4, 0.5) is 0 Å². The summed E-state index contributed by atoms with van der Waals surface area (Å²) >= 11 is 0. The Labute approximate surface area is 232 Å². The summed E-state index contributed by atoms with van der Waals surface area (Å²) in [5.74, 6) is 0. The molecule has 0 bridgehead atoms. The molecule has 0 saturated carbocycles. The van der Waals surface area contributed by atoms with Crippen LogP contribution in [-0.2, 0) is 0 Å². The largest absolute Gasteiger partial charge is 0 e. The van der Waals surface area contributed by atoms with Crippen molar-refractivity contribution in [2.75, 3.05) is 0 Å². The molecule has 0 fully saturated rings. The van der Waals surface area contributed by atoms with Gasteiger partial charge in [-0.2, -0.15) is 0 Å². The zero-order valence-corrected chi connectivity index (χ0v) is 23.9. The van der Waals surface area contributed by atoms with E-state index in [4.69, 9.17) is 0 Å². The van der Waals surface area contributed by atoms with Crippen molar-refractivity contribution in [3.05, 3.63) is 0 Å². The maximum atomic E-state index is 0. The maximum absolute atomic E-state index is 0. The van der Waals surface area contributed by atoms with Crippen molar-refractivity contribution in [1.29, 1.82) is 0 Å². The van der Waals surface area contributed by atoms with Gasteiger partial charge in [0.05, 0.1) is 0 Å². The van der Waals surface area contributed by atoms with Crippen molar-refractivity contribution in [3.8, 4) is 0 Å². The van der Waals surface area contributed by atoms with Crippen molar-refractivity contribution in [3.63, 3.8) is 0 Å². The monoisotopic (exact) mass is 1230 g/mol. The Morgan fingerprint density at radius 3 is 0.286 bits per heavy atom. The molecule has 7 heteroatoms. The molecule has 0 aliphatic carbocycles. The van der Waals surface area contributed by atoms with Crippen LogP contribution in [0.1, 0.15) is 0 Å². The normalized spacial score (nSPS) is 0. The Kier molecular flexibility index (Phi) is 243. The van der Waals surface area contributed by atoms with Crippen LogP contribution in [-0.4, -0.2) is 78.6 Å². The van der Waals surface area contributed by atoms with Crippen molar-refractivity contribution < 1.29 is 162 Å². The number of rotatable bonds is 0. The van der Waals surface area contributed by atoms with Crippen LogP contribution in [0, 0.1) is 162 Å². The molecule has 7 heavy (non-hydrogen) atoms. The molecule has 0 heterocycles. The van der Waals surface area contributed by atoms with Crippen molar-refractivity contribution in [2.45, 2.75) is 0 Å². The SMILES string of the molecule is [Bi].[Bi].[Bi].[Sm].[Sm].[Sm].[Sm]. The van der Waals surface area contributed by atoms with Crippen LogP contribution < -0.4 is 0 Å². The van der Waals surface area contributed by atoms with Gasteiger partial charge in [-0.15, -0.1) is 0 Å². The molecule has 0 nitrogen and oxygen atoms in total. The fourth-order valence-corrected chi connectivity index (χ4v) is 0. The molecule has 0 aromatic carbocycles. The smallest absolute Gasteiger partial charge is 0 e. The summed E-state index contributed by atoms with van der Waals surface area (Å²) in [6.07, 6.45) is 0. The third-order valence-electron chi connectivity index (χ3n) is 0. The summed E-state index contributed by atoms with van der Waals surface area (Å²) < 4.78 is 0. The standard InChI is InChI=1S/3Bi.4Sm. The number of hydrogen-bond donors (Lipinski definition) is 0. The Hall–Kier alpha value is 8.00. The first-order valence-electron chi connectivity index (χ1n) is 0. The van der Waals surface area contributed by atoms with Crippen LogP contribution in [0.5, 0.6) is 0 Å². The van der Waals surface area contributed by atoms with Gasteiger partial charge in [-0.05, 0) is 0 Å². The molecule has 0 rings (SSSR count). The zero-order chi connectivity index (χ0) is 0. The van der Waals surface area contributed by atoms with Crippen LogP contribution >= 0.6 is 0 Å². The molecular formula is Bi3Sm4. The molecule has 9 radical (unpaired) electrons. The van der Waals surface area contributed by atoms with E-state index in [1.807, 2.05) is 0 Å². The van der Waals surface area contributed by atoms with Gasteiger partial charge in [-0.25, -0.2) is 0 Å². The van der Waals surface area contributed by atoms with E-state index in [9.17, 15) is 0 Å². The van der Waals surface area contributed by atoms with E-state index in [0.29, 0.717) is 0 Å². The molecule has 0 unspecified atom stereocenters. The van der Waals surface area contributed by atoms with E-state index < -0.39 is 0 Å². The average molecular weight is 1230 g/mol. The van der Waals surface area contributed by atoms with Gasteiger partial charge < -0.3 is 0 Å². The Balaban J connectivity index is 0. The quantitative estimate of drug-likeness (QED) is 0.270. The second-order valence-corrected chi connectivity index (χ2v) is 0. The molecule has 0 spiro atoms. The summed E-state index contributed by atoms with van der Waals surface area (Å²) in [4.78, 5) is 0. The average Bonchev–Trinajstić information content (AvgIpc) is 0. The van der Waals surface area contributed by atoms with Gasteiger partial charge in [-0.1, -0.05) is 0 Å². The van der Waals surface area contributed by atoms with Crippen LogP contribution in [0.15, 0.2) is 0 Å². The second-order valence-electron chi connectivity index (χ2n) is 0.